The fourth-order valence-corrected chi connectivity index (χ4v) is 5.16. The largest absolute Gasteiger partial charge is 0.381 e. The molecule has 30 heavy (non-hydrogen) atoms. The molecule has 2 bridgehead atoms. The Morgan fingerprint density at radius 1 is 1.17 bits per heavy atom. The van der Waals surface area contributed by atoms with Crippen molar-refractivity contribution >= 4 is 17.8 Å². The molecule has 4 atom stereocenters. The van der Waals surface area contributed by atoms with Crippen molar-refractivity contribution in [2.24, 2.45) is 28.7 Å². The molecular formula is C22H34N4O4. The molecule has 2 aliphatic heterocycles. The van der Waals surface area contributed by atoms with E-state index in [1.54, 1.807) is 0 Å². The van der Waals surface area contributed by atoms with Crippen LogP contribution in [0.5, 0.6) is 0 Å². The number of carbonyl (C=O) groups is 2. The van der Waals surface area contributed by atoms with Gasteiger partial charge in [-0.1, -0.05) is 12.2 Å². The minimum Gasteiger partial charge on any atom is -0.381 e. The SMILES string of the molecule is CCNC(=NCCCOC1CCOCC1)NCCN1C(=O)C2C3C=CC(C3)C2C1=O. The van der Waals surface area contributed by atoms with E-state index in [0.717, 1.165) is 45.4 Å². The topological polar surface area (TPSA) is 92.3 Å². The van der Waals surface area contributed by atoms with Crippen LogP contribution in [0, 0.1) is 23.7 Å². The summed E-state index contributed by atoms with van der Waals surface area (Å²) in [7, 11) is 0. The number of nitrogens with zero attached hydrogens (tertiary/aromatic N) is 2. The number of amides is 2. The van der Waals surface area contributed by atoms with Gasteiger partial charge in [0.2, 0.25) is 11.8 Å². The number of hydrogen-bond donors (Lipinski definition) is 2. The van der Waals surface area contributed by atoms with Crippen molar-refractivity contribution in [2.75, 3.05) is 46.0 Å². The zero-order valence-electron chi connectivity index (χ0n) is 17.8. The summed E-state index contributed by atoms with van der Waals surface area (Å²) >= 11 is 0. The standard InChI is InChI=1S/C22H34N4O4/c1-2-23-22(24-8-3-11-30-17-6-12-29-13-7-17)25-9-10-26-20(27)18-15-4-5-16(14-15)19(18)21(26)28/h4-5,15-19H,2-3,6-14H2,1H3,(H2,23,24,25). The van der Waals surface area contributed by atoms with E-state index >= 15 is 0 Å². The van der Waals surface area contributed by atoms with Gasteiger partial charge < -0.3 is 20.1 Å². The van der Waals surface area contributed by atoms with Crippen LogP contribution in [0.15, 0.2) is 17.1 Å². The van der Waals surface area contributed by atoms with Crippen LogP contribution >= 0.6 is 0 Å². The van der Waals surface area contributed by atoms with Gasteiger partial charge in [0.05, 0.1) is 17.9 Å². The second kappa shape index (κ2) is 9.92. The maximum absolute atomic E-state index is 12.7. The lowest BCUT2D eigenvalue weighted by Crippen LogP contribution is -2.43. The van der Waals surface area contributed by atoms with Crippen LogP contribution in [0.25, 0.3) is 0 Å². The summed E-state index contributed by atoms with van der Waals surface area (Å²) < 4.78 is 11.2. The molecule has 2 aliphatic carbocycles. The van der Waals surface area contributed by atoms with Gasteiger partial charge in [-0.15, -0.1) is 0 Å². The minimum atomic E-state index is -0.120. The molecule has 4 rings (SSSR count). The van der Waals surface area contributed by atoms with E-state index < -0.39 is 0 Å². The lowest BCUT2D eigenvalue weighted by Gasteiger charge is -2.22. The number of nitrogens with one attached hydrogen (secondary N) is 2. The molecule has 2 saturated heterocycles. The third kappa shape index (κ3) is 4.54. The second-order valence-electron chi connectivity index (χ2n) is 8.55. The first-order valence-corrected chi connectivity index (χ1v) is 11.4. The van der Waals surface area contributed by atoms with Gasteiger partial charge in [0.25, 0.3) is 0 Å². The number of carbonyl (C=O) groups excluding carboxylic acids is 2. The van der Waals surface area contributed by atoms with Gasteiger partial charge in [-0.2, -0.15) is 0 Å². The highest BCUT2D eigenvalue weighted by Gasteiger charge is 2.58. The molecule has 4 aliphatic rings. The molecule has 8 heteroatoms. The first-order chi connectivity index (χ1) is 14.7. The maximum atomic E-state index is 12.7. The van der Waals surface area contributed by atoms with Crippen molar-refractivity contribution in [1.82, 2.24) is 15.5 Å². The fraction of sp³-hybridized carbons (Fsp3) is 0.773. The van der Waals surface area contributed by atoms with Crippen LogP contribution in [0.3, 0.4) is 0 Å². The van der Waals surface area contributed by atoms with E-state index in [1.165, 1.54) is 4.90 Å². The Bertz CT molecular complexity index is 659. The normalized spacial score (nSPS) is 31.0. The number of guanidine groups is 1. The van der Waals surface area contributed by atoms with Gasteiger partial charge in [-0.25, -0.2) is 0 Å². The van der Waals surface area contributed by atoms with Crippen molar-refractivity contribution in [3.05, 3.63) is 12.2 Å². The number of hydrogen-bond acceptors (Lipinski definition) is 5. The molecule has 0 aromatic rings. The minimum absolute atomic E-state index is 0.0100. The van der Waals surface area contributed by atoms with Crippen LogP contribution in [-0.4, -0.2) is 74.8 Å². The molecule has 0 aromatic carbocycles. The van der Waals surface area contributed by atoms with Gasteiger partial charge >= 0.3 is 0 Å². The van der Waals surface area contributed by atoms with Crippen LogP contribution < -0.4 is 10.6 Å². The Hall–Kier alpha value is -1.93. The molecule has 166 valence electrons. The number of fused-ring (bicyclic) bond motifs is 5. The van der Waals surface area contributed by atoms with Crippen molar-refractivity contribution < 1.29 is 19.1 Å². The first-order valence-electron chi connectivity index (χ1n) is 11.4. The third-order valence-corrected chi connectivity index (χ3v) is 6.63. The number of rotatable bonds is 9. The zero-order chi connectivity index (χ0) is 20.9. The summed E-state index contributed by atoms with van der Waals surface area (Å²) in [6.07, 6.45) is 8.34. The molecule has 2 heterocycles. The number of allylic oxidation sites excluding steroid dienone is 2. The summed E-state index contributed by atoms with van der Waals surface area (Å²) in [6.45, 7) is 6.61. The van der Waals surface area contributed by atoms with Gasteiger partial charge in [0.1, 0.15) is 0 Å². The summed E-state index contributed by atoms with van der Waals surface area (Å²) in [5.74, 6) is 1.01. The monoisotopic (exact) mass is 418 g/mol. The number of aliphatic imine (C=N–C) groups is 1. The summed E-state index contributed by atoms with van der Waals surface area (Å²) in [4.78, 5) is 31.5. The lowest BCUT2D eigenvalue weighted by atomic mass is 9.85. The second-order valence-corrected chi connectivity index (χ2v) is 8.55. The highest BCUT2D eigenvalue weighted by atomic mass is 16.5. The Balaban J connectivity index is 1.18. The maximum Gasteiger partial charge on any atom is 0.233 e. The van der Waals surface area contributed by atoms with E-state index in [1.807, 2.05) is 6.92 Å². The smallest absolute Gasteiger partial charge is 0.233 e. The predicted molar refractivity (Wildman–Crippen MR) is 113 cm³/mol. The van der Waals surface area contributed by atoms with E-state index in [4.69, 9.17) is 9.47 Å². The summed E-state index contributed by atoms with van der Waals surface area (Å²) in [6, 6.07) is 0. The summed E-state index contributed by atoms with van der Waals surface area (Å²) in [5.41, 5.74) is 0. The van der Waals surface area contributed by atoms with Crippen LogP contribution in [0.1, 0.15) is 32.6 Å². The lowest BCUT2D eigenvalue weighted by molar-refractivity contribution is -0.140. The van der Waals surface area contributed by atoms with E-state index in [2.05, 4.69) is 27.8 Å². The molecule has 0 spiro atoms. The van der Waals surface area contributed by atoms with Gasteiger partial charge in [-0.3, -0.25) is 19.5 Å². The van der Waals surface area contributed by atoms with E-state index in [9.17, 15) is 9.59 Å². The average molecular weight is 419 g/mol. The Kier molecular flexibility index (Phi) is 7.04. The molecule has 4 unspecified atom stereocenters. The van der Waals surface area contributed by atoms with E-state index in [-0.39, 0.29) is 35.5 Å². The third-order valence-electron chi connectivity index (χ3n) is 6.63. The molecule has 1 saturated carbocycles. The zero-order valence-corrected chi connectivity index (χ0v) is 17.8. The van der Waals surface area contributed by atoms with Gasteiger partial charge in [0, 0.05) is 46.0 Å². The fourth-order valence-electron chi connectivity index (χ4n) is 5.16. The number of likely N-dealkylation sites (tertiary alicyclic amines) is 1. The van der Waals surface area contributed by atoms with Crippen LogP contribution in [-0.2, 0) is 19.1 Å². The van der Waals surface area contributed by atoms with Crippen molar-refractivity contribution in [3.8, 4) is 0 Å². The quantitative estimate of drug-likeness (QED) is 0.190. The Labute approximate surface area is 178 Å². The molecular weight excluding hydrogens is 384 g/mol. The predicted octanol–water partition coefficient (Wildman–Crippen LogP) is 0.934. The van der Waals surface area contributed by atoms with Gasteiger partial charge in [-0.05, 0) is 44.4 Å². The van der Waals surface area contributed by atoms with Crippen molar-refractivity contribution in [1.29, 1.82) is 0 Å². The Morgan fingerprint density at radius 2 is 1.87 bits per heavy atom. The highest BCUT2D eigenvalue weighted by molar-refractivity contribution is 6.06. The molecule has 8 nitrogen and oxygen atoms in total. The van der Waals surface area contributed by atoms with Gasteiger partial charge in [0.15, 0.2) is 5.96 Å². The van der Waals surface area contributed by atoms with E-state index in [0.29, 0.717) is 38.3 Å². The average Bonchev–Trinajstić information content (AvgIpc) is 3.44. The van der Waals surface area contributed by atoms with Crippen LogP contribution in [0.2, 0.25) is 0 Å². The summed E-state index contributed by atoms with van der Waals surface area (Å²) in [5, 5.41) is 6.47. The molecule has 0 radical (unpaired) electrons. The number of imide groups is 1. The molecule has 2 amide bonds. The Morgan fingerprint density at radius 3 is 2.53 bits per heavy atom. The number of ether oxygens (including phenoxy) is 2. The molecule has 3 fully saturated rings. The highest BCUT2D eigenvalue weighted by Crippen LogP contribution is 2.52. The molecule has 0 aromatic heterocycles. The van der Waals surface area contributed by atoms with Crippen molar-refractivity contribution in [3.63, 3.8) is 0 Å². The van der Waals surface area contributed by atoms with Crippen LogP contribution in [0.4, 0.5) is 0 Å². The molecule has 2 N–H and O–H groups in total. The van der Waals surface area contributed by atoms with Crippen molar-refractivity contribution in [2.45, 2.75) is 38.7 Å². The first kappa shape index (κ1) is 21.3.